The Hall–Kier alpha value is -0.690. The van der Waals surface area contributed by atoms with Crippen molar-refractivity contribution in [3.05, 3.63) is 28.8 Å². The molecule has 0 saturated carbocycles. The molecule has 0 unspecified atom stereocenters. The lowest BCUT2D eigenvalue weighted by Gasteiger charge is -2.03. The van der Waals surface area contributed by atoms with Crippen molar-refractivity contribution in [2.45, 2.75) is 26.2 Å². The van der Waals surface area contributed by atoms with Crippen LogP contribution in [0.4, 0.5) is 0 Å². The van der Waals surface area contributed by atoms with Crippen LogP contribution in [0.15, 0.2) is 18.2 Å². The van der Waals surface area contributed by atoms with E-state index in [0.717, 1.165) is 24.8 Å². The van der Waals surface area contributed by atoms with Crippen LogP contribution in [-0.2, 0) is 6.42 Å². The number of unbranched alkanes of at least 4 members (excludes halogenated alkanes) is 1. The Morgan fingerprint density at radius 3 is 2.83 bits per heavy atom. The first-order chi connectivity index (χ1) is 5.75. The summed E-state index contributed by atoms with van der Waals surface area (Å²) in [5.74, 6) is 0.243. The molecule has 2 heteroatoms. The summed E-state index contributed by atoms with van der Waals surface area (Å²) in [5.41, 5.74) is 0.948. The molecule has 1 nitrogen and oxygen atoms in total. The molecule has 0 amide bonds. The number of rotatable bonds is 3. The number of phenolic OH excluding ortho intramolecular Hbond substituents is 1. The first kappa shape index (κ1) is 9.40. The standard InChI is InChI=1S/C10H13ClO/c1-2-3-5-8-6-4-7-9(11)10(8)12/h4,6-7,12H,2-3,5H2,1H3. The highest BCUT2D eigenvalue weighted by Gasteiger charge is 2.03. The Morgan fingerprint density at radius 2 is 2.17 bits per heavy atom. The molecule has 1 aromatic rings. The van der Waals surface area contributed by atoms with Gasteiger partial charge in [-0.2, -0.15) is 0 Å². The van der Waals surface area contributed by atoms with Gasteiger partial charge in [0.2, 0.25) is 0 Å². The number of aryl methyl sites for hydroxylation is 1. The van der Waals surface area contributed by atoms with Crippen molar-refractivity contribution in [3.63, 3.8) is 0 Å². The van der Waals surface area contributed by atoms with Gasteiger partial charge >= 0.3 is 0 Å². The maximum absolute atomic E-state index is 9.49. The average Bonchev–Trinajstić information content (AvgIpc) is 2.08. The first-order valence-electron chi connectivity index (χ1n) is 4.22. The molecular weight excluding hydrogens is 172 g/mol. The van der Waals surface area contributed by atoms with Gasteiger partial charge in [-0.05, 0) is 24.5 Å². The first-order valence-corrected chi connectivity index (χ1v) is 4.60. The summed E-state index contributed by atoms with van der Waals surface area (Å²) in [7, 11) is 0. The number of benzene rings is 1. The van der Waals surface area contributed by atoms with Crippen LogP contribution >= 0.6 is 11.6 Å². The Labute approximate surface area is 78.0 Å². The van der Waals surface area contributed by atoms with Crippen molar-refractivity contribution < 1.29 is 5.11 Å². The minimum absolute atomic E-state index is 0.243. The van der Waals surface area contributed by atoms with Crippen LogP contribution in [-0.4, -0.2) is 5.11 Å². The van der Waals surface area contributed by atoms with Crippen LogP contribution in [0.25, 0.3) is 0 Å². The fourth-order valence-corrected chi connectivity index (χ4v) is 1.32. The van der Waals surface area contributed by atoms with Crippen LogP contribution in [0.5, 0.6) is 5.75 Å². The van der Waals surface area contributed by atoms with Gasteiger partial charge in [-0.3, -0.25) is 0 Å². The number of hydrogen-bond donors (Lipinski definition) is 1. The van der Waals surface area contributed by atoms with Crippen molar-refractivity contribution in [1.82, 2.24) is 0 Å². The number of para-hydroxylation sites is 1. The normalized spacial score (nSPS) is 10.2. The molecule has 1 aromatic carbocycles. The van der Waals surface area contributed by atoms with Gasteiger partial charge in [0.1, 0.15) is 5.75 Å². The lowest BCUT2D eigenvalue weighted by Crippen LogP contribution is -1.85. The zero-order chi connectivity index (χ0) is 8.97. The summed E-state index contributed by atoms with van der Waals surface area (Å²) in [6, 6.07) is 5.48. The molecule has 0 radical (unpaired) electrons. The third-order valence-electron chi connectivity index (χ3n) is 1.87. The summed E-state index contributed by atoms with van der Waals surface area (Å²) < 4.78 is 0. The van der Waals surface area contributed by atoms with Crippen LogP contribution < -0.4 is 0 Å². The zero-order valence-electron chi connectivity index (χ0n) is 7.18. The zero-order valence-corrected chi connectivity index (χ0v) is 7.93. The predicted molar refractivity (Wildman–Crippen MR) is 51.7 cm³/mol. The van der Waals surface area contributed by atoms with Gasteiger partial charge in [-0.25, -0.2) is 0 Å². The van der Waals surface area contributed by atoms with E-state index in [2.05, 4.69) is 6.92 Å². The molecule has 0 aliphatic carbocycles. The fraction of sp³-hybridized carbons (Fsp3) is 0.400. The molecule has 0 aliphatic rings. The highest BCUT2D eigenvalue weighted by Crippen LogP contribution is 2.27. The summed E-state index contributed by atoms with van der Waals surface area (Å²) in [6.07, 6.45) is 3.13. The highest BCUT2D eigenvalue weighted by atomic mass is 35.5. The second kappa shape index (κ2) is 4.36. The van der Waals surface area contributed by atoms with Gasteiger partial charge in [0.25, 0.3) is 0 Å². The Bertz CT molecular complexity index is 258. The van der Waals surface area contributed by atoms with E-state index in [1.54, 1.807) is 6.07 Å². The van der Waals surface area contributed by atoms with E-state index in [9.17, 15) is 5.11 Å². The predicted octanol–water partition coefficient (Wildman–Crippen LogP) is 3.39. The van der Waals surface area contributed by atoms with E-state index in [1.807, 2.05) is 12.1 Å². The van der Waals surface area contributed by atoms with Gasteiger partial charge in [-0.1, -0.05) is 37.1 Å². The molecule has 0 heterocycles. The van der Waals surface area contributed by atoms with E-state index < -0.39 is 0 Å². The Kier molecular flexibility index (Phi) is 3.42. The Morgan fingerprint density at radius 1 is 1.42 bits per heavy atom. The number of hydrogen-bond acceptors (Lipinski definition) is 1. The topological polar surface area (TPSA) is 20.2 Å². The molecule has 1 N–H and O–H groups in total. The van der Waals surface area contributed by atoms with Crippen molar-refractivity contribution in [1.29, 1.82) is 0 Å². The molecule has 0 fully saturated rings. The summed E-state index contributed by atoms with van der Waals surface area (Å²) in [5, 5.41) is 9.94. The smallest absolute Gasteiger partial charge is 0.137 e. The van der Waals surface area contributed by atoms with E-state index in [4.69, 9.17) is 11.6 Å². The highest BCUT2D eigenvalue weighted by molar-refractivity contribution is 6.32. The molecule has 0 aliphatic heterocycles. The molecule has 12 heavy (non-hydrogen) atoms. The minimum atomic E-state index is 0.243. The quantitative estimate of drug-likeness (QED) is 0.764. The van der Waals surface area contributed by atoms with Crippen LogP contribution in [0, 0.1) is 0 Å². The van der Waals surface area contributed by atoms with Gasteiger partial charge in [-0.15, -0.1) is 0 Å². The molecule has 0 spiro atoms. The molecule has 66 valence electrons. The van der Waals surface area contributed by atoms with Crippen molar-refractivity contribution in [2.24, 2.45) is 0 Å². The maximum atomic E-state index is 9.49. The summed E-state index contributed by atoms with van der Waals surface area (Å²) >= 11 is 5.74. The number of halogens is 1. The van der Waals surface area contributed by atoms with Crippen molar-refractivity contribution >= 4 is 11.6 Å². The summed E-state index contributed by atoms with van der Waals surface area (Å²) in [4.78, 5) is 0. The SMILES string of the molecule is CCCCc1cccc(Cl)c1O. The largest absolute Gasteiger partial charge is 0.506 e. The van der Waals surface area contributed by atoms with E-state index in [1.165, 1.54) is 0 Å². The average molecular weight is 185 g/mol. The molecular formula is C10H13ClO. The Balaban J connectivity index is 2.78. The van der Waals surface area contributed by atoms with Crippen LogP contribution in [0.2, 0.25) is 5.02 Å². The second-order valence-electron chi connectivity index (χ2n) is 2.85. The van der Waals surface area contributed by atoms with E-state index in [0.29, 0.717) is 5.02 Å². The molecule has 0 atom stereocenters. The van der Waals surface area contributed by atoms with Gasteiger partial charge in [0, 0.05) is 0 Å². The monoisotopic (exact) mass is 184 g/mol. The lowest BCUT2D eigenvalue weighted by molar-refractivity contribution is 0.467. The van der Waals surface area contributed by atoms with Gasteiger partial charge < -0.3 is 5.11 Å². The third-order valence-corrected chi connectivity index (χ3v) is 2.18. The van der Waals surface area contributed by atoms with Gasteiger partial charge in [0.05, 0.1) is 5.02 Å². The minimum Gasteiger partial charge on any atom is -0.506 e. The molecule has 0 bridgehead atoms. The van der Waals surface area contributed by atoms with Crippen molar-refractivity contribution in [3.8, 4) is 5.75 Å². The summed E-state index contributed by atoms with van der Waals surface area (Å²) in [6.45, 7) is 2.13. The van der Waals surface area contributed by atoms with Crippen LogP contribution in [0.1, 0.15) is 25.3 Å². The van der Waals surface area contributed by atoms with Crippen LogP contribution in [0.3, 0.4) is 0 Å². The van der Waals surface area contributed by atoms with E-state index >= 15 is 0 Å². The molecule has 1 rings (SSSR count). The van der Waals surface area contributed by atoms with E-state index in [-0.39, 0.29) is 5.75 Å². The maximum Gasteiger partial charge on any atom is 0.137 e. The molecule has 0 aromatic heterocycles. The number of phenols is 1. The van der Waals surface area contributed by atoms with Gasteiger partial charge in [0.15, 0.2) is 0 Å². The van der Waals surface area contributed by atoms with Crippen molar-refractivity contribution in [2.75, 3.05) is 0 Å². The molecule has 0 saturated heterocycles. The number of aromatic hydroxyl groups is 1. The lowest BCUT2D eigenvalue weighted by atomic mass is 10.1. The fourth-order valence-electron chi connectivity index (χ4n) is 1.13. The third kappa shape index (κ3) is 2.15. The second-order valence-corrected chi connectivity index (χ2v) is 3.26.